The molecule has 4 amide bonds. The normalized spacial score (nSPS) is 14.2. The lowest BCUT2D eigenvalue weighted by molar-refractivity contribution is -0.144. The summed E-state index contributed by atoms with van der Waals surface area (Å²) in [5, 5.41) is 41.5. The molecular formula is C16H25N5O11. The van der Waals surface area contributed by atoms with E-state index in [0.717, 1.165) is 0 Å². The number of carbonyl (C=O) groups is 7. The van der Waals surface area contributed by atoms with Gasteiger partial charge in [0.2, 0.25) is 23.6 Å². The zero-order valence-electron chi connectivity index (χ0n) is 16.6. The van der Waals surface area contributed by atoms with Crippen molar-refractivity contribution in [3.8, 4) is 0 Å². The summed E-state index contributed by atoms with van der Waals surface area (Å²) >= 11 is 0. The van der Waals surface area contributed by atoms with Crippen molar-refractivity contribution in [3.63, 3.8) is 0 Å². The first-order valence-corrected chi connectivity index (χ1v) is 9.00. The Hall–Kier alpha value is -3.79. The van der Waals surface area contributed by atoms with Crippen LogP contribution in [0, 0.1) is 0 Å². The monoisotopic (exact) mass is 463 g/mol. The number of aliphatic hydroxyl groups excluding tert-OH is 1. The maximum Gasteiger partial charge on any atom is 0.326 e. The van der Waals surface area contributed by atoms with E-state index >= 15 is 0 Å². The molecule has 0 aliphatic heterocycles. The van der Waals surface area contributed by atoms with Crippen molar-refractivity contribution in [1.29, 1.82) is 0 Å². The predicted molar refractivity (Wildman–Crippen MR) is 101 cm³/mol. The van der Waals surface area contributed by atoms with E-state index < -0.39 is 98.0 Å². The lowest BCUT2D eigenvalue weighted by atomic mass is 10.1. The van der Waals surface area contributed by atoms with Gasteiger partial charge in [0, 0.05) is 6.42 Å². The molecule has 0 aromatic carbocycles. The maximum atomic E-state index is 12.5. The third kappa shape index (κ3) is 10.8. The highest BCUT2D eigenvalue weighted by Crippen LogP contribution is 2.03. The SMILES string of the molecule is NC(=O)CC(NC(=O)C(N)CO)C(=O)NC(CC(=O)O)C(=O)NC(CCC(=O)O)C(=O)O. The van der Waals surface area contributed by atoms with Crippen molar-refractivity contribution in [2.75, 3.05) is 6.61 Å². The molecule has 32 heavy (non-hydrogen) atoms. The van der Waals surface area contributed by atoms with Gasteiger partial charge in [0.05, 0.1) is 19.4 Å². The molecule has 0 aromatic heterocycles. The van der Waals surface area contributed by atoms with Crippen molar-refractivity contribution in [2.24, 2.45) is 11.5 Å². The summed E-state index contributed by atoms with van der Waals surface area (Å²) in [4.78, 5) is 80.7. The van der Waals surface area contributed by atoms with Crippen molar-refractivity contribution in [2.45, 2.75) is 49.9 Å². The Bertz CT molecular complexity index is 757. The molecule has 0 aromatic rings. The lowest BCUT2D eigenvalue weighted by Gasteiger charge is -2.23. The number of carbonyl (C=O) groups excluding carboxylic acids is 4. The summed E-state index contributed by atoms with van der Waals surface area (Å²) in [5.41, 5.74) is 10.3. The molecule has 0 aliphatic carbocycles. The third-order valence-corrected chi connectivity index (χ3v) is 3.84. The third-order valence-electron chi connectivity index (χ3n) is 3.84. The summed E-state index contributed by atoms with van der Waals surface area (Å²) in [7, 11) is 0. The second kappa shape index (κ2) is 13.5. The fourth-order valence-electron chi connectivity index (χ4n) is 2.23. The van der Waals surface area contributed by atoms with Gasteiger partial charge in [0.25, 0.3) is 0 Å². The molecule has 16 nitrogen and oxygen atoms in total. The van der Waals surface area contributed by atoms with Crippen molar-refractivity contribution in [1.82, 2.24) is 16.0 Å². The van der Waals surface area contributed by atoms with Gasteiger partial charge in [0.1, 0.15) is 24.2 Å². The van der Waals surface area contributed by atoms with Gasteiger partial charge in [-0.1, -0.05) is 0 Å². The predicted octanol–water partition coefficient (Wildman–Crippen LogP) is -4.94. The number of nitrogens with one attached hydrogen (secondary N) is 3. The molecular weight excluding hydrogens is 438 g/mol. The number of aliphatic hydroxyl groups is 1. The van der Waals surface area contributed by atoms with E-state index in [1.165, 1.54) is 0 Å². The number of amides is 4. The van der Waals surface area contributed by atoms with Crippen LogP contribution in [0.15, 0.2) is 0 Å². The number of carboxylic acids is 3. The first-order chi connectivity index (χ1) is 14.8. The van der Waals surface area contributed by atoms with Crippen LogP contribution < -0.4 is 27.4 Å². The molecule has 0 heterocycles. The van der Waals surface area contributed by atoms with Crippen LogP contribution in [-0.4, -0.2) is 92.7 Å². The van der Waals surface area contributed by atoms with E-state index in [-0.39, 0.29) is 0 Å². The number of aliphatic carboxylic acids is 3. The van der Waals surface area contributed by atoms with E-state index in [1.54, 1.807) is 0 Å². The molecule has 0 saturated carbocycles. The Morgan fingerprint density at radius 2 is 1.19 bits per heavy atom. The molecule has 11 N–H and O–H groups in total. The van der Waals surface area contributed by atoms with Crippen LogP contribution in [-0.2, 0) is 33.6 Å². The van der Waals surface area contributed by atoms with Gasteiger partial charge in [-0.2, -0.15) is 0 Å². The van der Waals surface area contributed by atoms with Gasteiger partial charge in [-0.05, 0) is 6.42 Å². The number of nitrogens with two attached hydrogens (primary N) is 2. The van der Waals surface area contributed by atoms with Crippen molar-refractivity contribution >= 4 is 41.5 Å². The van der Waals surface area contributed by atoms with E-state index in [4.69, 9.17) is 31.9 Å². The van der Waals surface area contributed by atoms with Crippen LogP contribution in [0.25, 0.3) is 0 Å². The molecule has 0 radical (unpaired) electrons. The van der Waals surface area contributed by atoms with Gasteiger partial charge in [-0.15, -0.1) is 0 Å². The van der Waals surface area contributed by atoms with Gasteiger partial charge in [-0.25, -0.2) is 4.79 Å². The maximum absolute atomic E-state index is 12.5. The Kier molecular flexibility index (Phi) is 11.9. The zero-order valence-corrected chi connectivity index (χ0v) is 16.6. The van der Waals surface area contributed by atoms with Crippen molar-refractivity contribution in [3.05, 3.63) is 0 Å². The highest BCUT2D eigenvalue weighted by molar-refractivity contribution is 5.97. The summed E-state index contributed by atoms with van der Waals surface area (Å²) in [6.07, 6.45) is -2.93. The number of primary amides is 1. The summed E-state index contributed by atoms with van der Waals surface area (Å²) in [6.45, 7) is -0.798. The van der Waals surface area contributed by atoms with E-state index in [0.29, 0.717) is 0 Å². The molecule has 16 heteroatoms. The Morgan fingerprint density at radius 3 is 1.59 bits per heavy atom. The van der Waals surface area contributed by atoms with Gasteiger partial charge in [-0.3, -0.25) is 28.8 Å². The number of hydrogen-bond acceptors (Lipinski definition) is 9. The lowest BCUT2D eigenvalue weighted by Crippen LogP contribution is -2.58. The molecule has 0 fully saturated rings. The number of carboxylic acid groups (broad SMARTS) is 3. The average Bonchev–Trinajstić information content (AvgIpc) is 2.67. The van der Waals surface area contributed by atoms with Crippen LogP contribution >= 0.6 is 0 Å². The second-order valence-electron chi connectivity index (χ2n) is 6.51. The second-order valence-corrected chi connectivity index (χ2v) is 6.51. The smallest absolute Gasteiger partial charge is 0.326 e. The van der Waals surface area contributed by atoms with Crippen LogP contribution in [0.2, 0.25) is 0 Å². The first kappa shape index (κ1) is 28.2. The van der Waals surface area contributed by atoms with Gasteiger partial charge in [0.15, 0.2) is 0 Å². The summed E-state index contributed by atoms with van der Waals surface area (Å²) in [6, 6.07) is -6.70. The quantitative estimate of drug-likeness (QED) is 0.110. The molecule has 4 atom stereocenters. The number of hydrogen-bond donors (Lipinski definition) is 9. The molecule has 0 bridgehead atoms. The highest BCUT2D eigenvalue weighted by Gasteiger charge is 2.32. The Labute approximate surface area is 180 Å². The van der Waals surface area contributed by atoms with Crippen molar-refractivity contribution < 1.29 is 54.0 Å². The molecule has 0 rings (SSSR count). The van der Waals surface area contributed by atoms with Crippen LogP contribution in [0.4, 0.5) is 0 Å². The highest BCUT2D eigenvalue weighted by atomic mass is 16.4. The standard InChI is InChI=1S/C16H25N5O11/c17-6(5-22)13(28)20-8(3-10(18)23)14(29)21-9(4-12(26)27)15(30)19-7(16(31)32)1-2-11(24)25/h6-9,22H,1-5,17H2,(H2,18,23)(H,19,30)(H,20,28)(H,21,29)(H,24,25)(H,26,27)(H,31,32). The van der Waals surface area contributed by atoms with Crippen LogP contribution in [0.3, 0.4) is 0 Å². The fourth-order valence-corrected chi connectivity index (χ4v) is 2.23. The largest absolute Gasteiger partial charge is 0.481 e. The minimum Gasteiger partial charge on any atom is -0.481 e. The summed E-state index contributed by atoms with van der Waals surface area (Å²) in [5.74, 6) is -9.10. The Morgan fingerprint density at radius 1 is 0.719 bits per heavy atom. The first-order valence-electron chi connectivity index (χ1n) is 9.00. The van der Waals surface area contributed by atoms with E-state index in [9.17, 15) is 33.6 Å². The topological polar surface area (TPSA) is 289 Å². The molecule has 180 valence electrons. The van der Waals surface area contributed by atoms with E-state index in [1.807, 2.05) is 16.0 Å². The minimum absolute atomic E-state index is 0.524. The minimum atomic E-state index is -1.86. The molecule has 0 aliphatic rings. The van der Waals surface area contributed by atoms with E-state index in [2.05, 4.69) is 0 Å². The average molecular weight is 463 g/mol. The summed E-state index contributed by atoms with van der Waals surface area (Å²) < 4.78 is 0. The van der Waals surface area contributed by atoms with Gasteiger partial charge >= 0.3 is 17.9 Å². The molecule has 4 unspecified atom stereocenters. The van der Waals surface area contributed by atoms with Crippen LogP contribution in [0.1, 0.15) is 25.7 Å². The zero-order chi connectivity index (χ0) is 25.0. The molecule has 0 saturated heterocycles. The fraction of sp³-hybridized carbons (Fsp3) is 0.562. The van der Waals surface area contributed by atoms with Crippen LogP contribution in [0.5, 0.6) is 0 Å². The molecule has 0 spiro atoms. The Balaban J connectivity index is 5.51. The number of rotatable bonds is 15. The van der Waals surface area contributed by atoms with Gasteiger partial charge < -0.3 is 47.8 Å².